The quantitative estimate of drug-likeness (QED) is 0.830. The molecule has 1 saturated carbocycles. The summed E-state index contributed by atoms with van der Waals surface area (Å²) < 4.78 is 0. The Balaban J connectivity index is 2.12. The first-order valence-corrected chi connectivity index (χ1v) is 6.48. The molecule has 1 unspecified atom stereocenters. The zero-order valence-corrected chi connectivity index (χ0v) is 10.7. The fourth-order valence-corrected chi connectivity index (χ4v) is 2.58. The van der Waals surface area contributed by atoms with E-state index in [4.69, 9.17) is 0 Å². The van der Waals surface area contributed by atoms with Crippen LogP contribution in [0, 0.1) is 5.41 Å². The Hall–Kier alpha value is -1.64. The molecule has 0 saturated heterocycles. The molecule has 0 heterocycles. The first-order chi connectivity index (χ1) is 8.65. The largest absolute Gasteiger partial charge is 0.384 e. The second-order valence-corrected chi connectivity index (χ2v) is 4.99. The third-order valence-corrected chi connectivity index (χ3v) is 3.83. The van der Waals surface area contributed by atoms with Gasteiger partial charge in [0.05, 0.1) is 0 Å². The van der Waals surface area contributed by atoms with Crippen LogP contribution in [0.2, 0.25) is 0 Å². The molecule has 3 heteroatoms. The highest BCUT2D eigenvalue weighted by Crippen LogP contribution is 2.34. The Morgan fingerprint density at radius 2 is 2.00 bits per heavy atom. The van der Waals surface area contributed by atoms with Crippen LogP contribution in [0.4, 0.5) is 5.69 Å². The number of nitrogens with one attached hydrogen (secondary N) is 1. The number of benzene rings is 1. The standard InChI is InChI=1S/C15H19NO2/c1-12(17)15(10-6-5-9-14(15)18)11-16-13-7-3-2-4-8-13/h2-4,7-8,16H,5-6,9-11H2,1H3. The van der Waals surface area contributed by atoms with Gasteiger partial charge in [0, 0.05) is 18.7 Å². The average Bonchev–Trinajstić information content (AvgIpc) is 2.39. The minimum Gasteiger partial charge on any atom is -0.384 e. The molecule has 3 nitrogen and oxygen atoms in total. The molecular weight excluding hydrogens is 226 g/mol. The summed E-state index contributed by atoms with van der Waals surface area (Å²) in [6.45, 7) is 1.96. The third-order valence-electron chi connectivity index (χ3n) is 3.83. The maximum Gasteiger partial charge on any atom is 0.148 e. The van der Waals surface area contributed by atoms with Gasteiger partial charge in [-0.15, -0.1) is 0 Å². The molecule has 18 heavy (non-hydrogen) atoms. The van der Waals surface area contributed by atoms with Crippen molar-refractivity contribution in [2.24, 2.45) is 5.41 Å². The Bertz CT molecular complexity index is 441. The van der Waals surface area contributed by atoms with E-state index >= 15 is 0 Å². The van der Waals surface area contributed by atoms with Gasteiger partial charge in [0.1, 0.15) is 17.0 Å². The summed E-state index contributed by atoms with van der Waals surface area (Å²) in [6, 6.07) is 9.71. The van der Waals surface area contributed by atoms with Gasteiger partial charge >= 0.3 is 0 Å². The Morgan fingerprint density at radius 1 is 1.28 bits per heavy atom. The summed E-state index contributed by atoms with van der Waals surface area (Å²) in [5, 5.41) is 3.23. The smallest absolute Gasteiger partial charge is 0.148 e. The highest BCUT2D eigenvalue weighted by molar-refractivity contribution is 6.07. The molecule has 0 spiro atoms. The van der Waals surface area contributed by atoms with Crippen molar-refractivity contribution in [2.45, 2.75) is 32.6 Å². The Kier molecular flexibility index (Phi) is 3.80. The number of para-hydroxylation sites is 1. The van der Waals surface area contributed by atoms with Gasteiger partial charge in [-0.2, -0.15) is 0 Å². The number of Topliss-reactive ketones (excluding diaryl/α,β-unsaturated/α-hetero) is 2. The molecule has 1 aromatic carbocycles. The van der Waals surface area contributed by atoms with Crippen molar-refractivity contribution in [3.05, 3.63) is 30.3 Å². The van der Waals surface area contributed by atoms with Crippen LogP contribution in [-0.2, 0) is 9.59 Å². The highest BCUT2D eigenvalue weighted by Gasteiger charge is 2.43. The van der Waals surface area contributed by atoms with Gasteiger partial charge < -0.3 is 5.32 Å². The van der Waals surface area contributed by atoms with Gasteiger partial charge in [0.25, 0.3) is 0 Å². The van der Waals surface area contributed by atoms with Gasteiger partial charge in [0.15, 0.2) is 0 Å². The van der Waals surface area contributed by atoms with Crippen LogP contribution >= 0.6 is 0 Å². The van der Waals surface area contributed by atoms with Crippen LogP contribution in [0.15, 0.2) is 30.3 Å². The Labute approximate surface area is 108 Å². The fourth-order valence-electron chi connectivity index (χ4n) is 2.58. The van der Waals surface area contributed by atoms with Gasteiger partial charge in [0.2, 0.25) is 0 Å². The van der Waals surface area contributed by atoms with Gasteiger partial charge in [-0.25, -0.2) is 0 Å². The number of anilines is 1. The van der Waals surface area contributed by atoms with Crippen LogP contribution in [0.3, 0.4) is 0 Å². The molecule has 0 radical (unpaired) electrons. The lowest BCUT2D eigenvalue weighted by molar-refractivity contribution is -0.141. The molecule has 1 aliphatic rings. The van der Waals surface area contributed by atoms with Crippen LogP contribution in [0.5, 0.6) is 0 Å². The first-order valence-electron chi connectivity index (χ1n) is 6.48. The van der Waals surface area contributed by atoms with E-state index < -0.39 is 5.41 Å². The summed E-state index contributed by atoms with van der Waals surface area (Å²) in [5.41, 5.74) is 0.158. The van der Waals surface area contributed by atoms with E-state index in [0.717, 1.165) is 18.5 Å². The number of hydrogen-bond acceptors (Lipinski definition) is 3. The number of hydrogen-bond donors (Lipinski definition) is 1. The predicted octanol–water partition coefficient (Wildman–Crippen LogP) is 2.82. The molecule has 1 aromatic rings. The topological polar surface area (TPSA) is 46.2 Å². The fraction of sp³-hybridized carbons (Fsp3) is 0.467. The maximum atomic E-state index is 12.1. The Morgan fingerprint density at radius 3 is 2.61 bits per heavy atom. The summed E-state index contributed by atoms with van der Waals surface area (Å²) >= 11 is 0. The summed E-state index contributed by atoms with van der Waals surface area (Å²) in [6.07, 6.45) is 3.10. The second kappa shape index (κ2) is 5.34. The first kappa shape index (κ1) is 12.8. The van der Waals surface area contributed by atoms with Crippen molar-refractivity contribution in [1.82, 2.24) is 0 Å². The second-order valence-electron chi connectivity index (χ2n) is 4.99. The molecule has 96 valence electrons. The summed E-state index contributed by atoms with van der Waals surface area (Å²) in [5.74, 6) is 0.0975. The van der Waals surface area contributed by atoms with E-state index in [1.165, 1.54) is 6.92 Å². The van der Waals surface area contributed by atoms with Gasteiger partial charge in [-0.1, -0.05) is 24.6 Å². The summed E-state index contributed by atoms with van der Waals surface area (Å²) in [4.78, 5) is 24.0. The van der Waals surface area contributed by atoms with E-state index in [0.29, 0.717) is 19.4 Å². The van der Waals surface area contributed by atoms with Crippen LogP contribution < -0.4 is 5.32 Å². The predicted molar refractivity (Wildman–Crippen MR) is 71.5 cm³/mol. The average molecular weight is 245 g/mol. The lowest BCUT2D eigenvalue weighted by atomic mass is 9.70. The van der Waals surface area contributed by atoms with Gasteiger partial charge in [-0.05, 0) is 31.9 Å². The van der Waals surface area contributed by atoms with E-state index in [2.05, 4.69) is 5.32 Å². The normalized spacial score (nSPS) is 23.7. The zero-order valence-electron chi connectivity index (χ0n) is 10.7. The molecule has 0 aromatic heterocycles. The minimum absolute atomic E-state index is 0.00405. The van der Waals surface area contributed by atoms with E-state index in [-0.39, 0.29) is 11.6 Å². The third kappa shape index (κ3) is 2.45. The molecule has 1 aliphatic carbocycles. The van der Waals surface area contributed by atoms with E-state index in [1.54, 1.807) is 0 Å². The van der Waals surface area contributed by atoms with Crippen molar-refractivity contribution in [3.63, 3.8) is 0 Å². The van der Waals surface area contributed by atoms with Crippen molar-refractivity contribution in [3.8, 4) is 0 Å². The molecule has 2 rings (SSSR count). The molecule has 1 atom stereocenters. The summed E-state index contributed by atoms with van der Waals surface area (Å²) in [7, 11) is 0. The number of carbonyl (C=O) groups excluding carboxylic acids is 2. The van der Waals surface area contributed by atoms with Gasteiger partial charge in [-0.3, -0.25) is 9.59 Å². The molecule has 0 bridgehead atoms. The van der Waals surface area contributed by atoms with Crippen molar-refractivity contribution in [1.29, 1.82) is 0 Å². The van der Waals surface area contributed by atoms with Crippen molar-refractivity contribution >= 4 is 17.3 Å². The van der Waals surface area contributed by atoms with Crippen molar-refractivity contribution < 1.29 is 9.59 Å². The van der Waals surface area contributed by atoms with E-state index in [1.807, 2.05) is 30.3 Å². The number of carbonyl (C=O) groups is 2. The minimum atomic E-state index is -0.798. The maximum absolute atomic E-state index is 12.1. The molecule has 1 N–H and O–H groups in total. The lowest BCUT2D eigenvalue weighted by Crippen LogP contribution is -2.45. The zero-order chi connectivity index (χ0) is 13.0. The number of rotatable bonds is 4. The van der Waals surface area contributed by atoms with Crippen LogP contribution in [0.1, 0.15) is 32.6 Å². The van der Waals surface area contributed by atoms with Crippen LogP contribution in [-0.4, -0.2) is 18.1 Å². The highest BCUT2D eigenvalue weighted by atomic mass is 16.2. The van der Waals surface area contributed by atoms with E-state index in [9.17, 15) is 9.59 Å². The molecule has 0 aliphatic heterocycles. The number of ketones is 2. The molecule has 1 fully saturated rings. The SMILES string of the molecule is CC(=O)C1(CNc2ccccc2)CCCCC1=O. The van der Waals surface area contributed by atoms with Crippen LogP contribution in [0.25, 0.3) is 0 Å². The molecule has 0 amide bonds. The lowest BCUT2D eigenvalue weighted by Gasteiger charge is -2.33. The monoisotopic (exact) mass is 245 g/mol. The molecular formula is C15H19NO2. The van der Waals surface area contributed by atoms with Crippen molar-refractivity contribution in [2.75, 3.05) is 11.9 Å².